The predicted molar refractivity (Wildman–Crippen MR) is 110 cm³/mol. The lowest BCUT2D eigenvalue weighted by Gasteiger charge is -2.25. The standard InChI is InChI=1S/C23H29N3O2/c1-4-16(2)21(18-8-6-5-7-9-18)22(27)25-20-12-13-26(15-20)23(28)19-11-10-17(3)24-14-19/h5-11,14,16,20-21H,4,12-13,15H2,1-3H3,(H,25,27)/t16?,20-,21?/m1/s1. The summed E-state index contributed by atoms with van der Waals surface area (Å²) >= 11 is 0. The van der Waals surface area contributed by atoms with Gasteiger partial charge in [0.25, 0.3) is 5.91 Å². The van der Waals surface area contributed by atoms with Crippen molar-refractivity contribution in [2.45, 2.75) is 45.6 Å². The minimum Gasteiger partial charge on any atom is -0.351 e. The number of hydrogen-bond acceptors (Lipinski definition) is 3. The fourth-order valence-electron chi connectivity index (χ4n) is 3.76. The average molecular weight is 380 g/mol. The van der Waals surface area contributed by atoms with Crippen LogP contribution in [0.1, 0.15) is 54.2 Å². The molecular formula is C23H29N3O2. The molecule has 148 valence electrons. The van der Waals surface area contributed by atoms with Gasteiger partial charge in [-0.05, 0) is 37.0 Å². The highest BCUT2D eigenvalue weighted by Crippen LogP contribution is 2.27. The van der Waals surface area contributed by atoms with E-state index in [1.807, 2.05) is 49.4 Å². The summed E-state index contributed by atoms with van der Waals surface area (Å²) in [6, 6.07) is 13.6. The zero-order valence-electron chi connectivity index (χ0n) is 16.9. The van der Waals surface area contributed by atoms with E-state index < -0.39 is 0 Å². The van der Waals surface area contributed by atoms with E-state index in [0.29, 0.717) is 18.7 Å². The number of benzene rings is 1. The van der Waals surface area contributed by atoms with Crippen molar-refractivity contribution in [1.82, 2.24) is 15.2 Å². The normalized spacial score (nSPS) is 18.5. The molecule has 1 N–H and O–H groups in total. The van der Waals surface area contributed by atoms with Gasteiger partial charge in [0, 0.05) is 31.0 Å². The molecule has 2 aromatic rings. The van der Waals surface area contributed by atoms with E-state index in [1.54, 1.807) is 11.1 Å². The number of aromatic nitrogens is 1. The number of carbonyl (C=O) groups is 2. The highest BCUT2D eigenvalue weighted by atomic mass is 16.2. The molecule has 2 heterocycles. The molecule has 5 nitrogen and oxygen atoms in total. The van der Waals surface area contributed by atoms with Crippen LogP contribution in [-0.2, 0) is 4.79 Å². The summed E-state index contributed by atoms with van der Waals surface area (Å²) in [7, 11) is 0. The number of likely N-dealkylation sites (tertiary alicyclic amines) is 1. The molecular weight excluding hydrogens is 350 g/mol. The maximum Gasteiger partial charge on any atom is 0.255 e. The number of nitrogens with zero attached hydrogens (tertiary/aromatic N) is 2. The van der Waals surface area contributed by atoms with Gasteiger partial charge in [-0.3, -0.25) is 14.6 Å². The van der Waals surface area contributed by atoms with Crippen molar-refractivity contribution in [1.29, 1.82) is 0 Å². The van der Waals surface area contributed by atoms with Crippen LogP contribution in [-0.4, -0.2) is 40.8 Å². The Hall–Kier alpha value is -2.69. The second-order valence-corrected chi connectivity index (χ2v) is 7.71. The van der Waals surface area contributed by atoms with Crippen LogP contribution in [0.3, 0.4) is 0 Å². The first-order valence-corrected chi connectivity index (χ1v) is 10.1. The van der Waals surface area contributed by atoms with Gasteiger partial charge >= 0.3 is 0 Å². The molecule has 3 rings (SSSR count). The molecule has 0 spiro atoms. The van der Waals surface area contributed by atoms with Crippen LogP contribution in [0.4, 0.5) is 0 Å². The fraction of sp³-hybridized carbons (Fsp3) is 0.435. The minimum atomic E-state index is -0.169. The summed E-state index contributed by atoms with van der Waals surface area (Å²) < 4.78 is 0. The Morgan fingerprint density at radius 3 is 2.61 bits per heavy atom. The Morgan fingerprint density at radius 1 is 1.21 bits per heavy atom. The van der Waals surface area contributed by atoms with Gasteiger partial charge in [0.2, 0.25) is 5.91 Å². The van der Waals surface area contributed by atoms with Crippen molar-refractivity contribution in [2.75, 3.05) is 13.1 Å². The maximum atomic E-state index is 13.1. The van der Waals surface area contributed by atoms with E-state index in [1.165, 1.54) is 0 Å². The molecule has 1 saturated heterocycles. The molecule has 1 aliphatic rings. The Labute approximate surface area is 167 Å². The molecule has 2 unspecified atom stereocenters. The Balaban J connectivity index is 1.64. The van der Waals surface area contributed by atoms with Gasteiger partial charge in [0.1, 0.15) is 0 Å². The number of rotatable bonds is 6. The average Bonchev–Trinajstić information content (AvgIpc) is 3.17. The molecule has 3 atom stereocenters. The first-order chi connectivity index (χ1) is 13.5. The van der Waals surface area contributed by atoms with Crippen molar-refractivity contribution in [2.24, 2.45) is 5.92 Å². The molecule has 0 radical (unpaired) electrons. The smallest absolute Gasteiger partial charge is 0.255 e. The Bertz CT molecular complexity index is 804. The molecule has 1 aromatic carbocycles. The van der Waals surface area contributed by atoms with Crippen LogP contribution in [0, 0.1) is 12.8 Å². The van der Waals surface area contributed by atoms with Crippen molar-refractivity contribution >= 4 is 11.8 Å². The van der Waals surface area contributed by atoms with Gasteiger partial charge < -0.3 is 10.2 Å². The van der Waals surface area contributed by atoms with Gasteiger partial charge in [-0.25, -0.2) is 0 Å². The van der Waals surface area contributed by atoms with E-state index in [2.05, 4.69) is 24.1 Å². The van der Waals surface area contributed by atoms with E-state index in [-0.39, 0.29) is 29.7 Å². The zero-order chi connectivity index (χ0) is 20.1. The van der Waals surface area contributed by atoms with Crippen LogP contribution in [0.15, 0.2) is 48.7 Å². The second kappa shape index (κ2) is 9.00. The van der Waals surface area contributed by atoms with Crippen molar-refractivity contribution < 1.29 is 9.59 Å². The van der Waals surface area contributed by atoms with Crippen LogP contribution >= 0.6 is 0 Å². The maximum absolute atomic E-state index is 13.1. The zero-order valence-corrected chi connectivity index (χ0v) is 16.9. The molecule has 1 aliphatic heterocycles. The van der Waals surface area contributed by atoms with Gasteiger partial charge in [0.05, 0.1) is 11.5 Å². The van der Waals surface area contributed by atoms with Crippen LogP contribution in [0.25, 0.3) is 0 Å². The lowest BCUT2D eigenvalue weighted by molar-refractivity contribution is -0.124. The summed E-state index contributed by atoms with van der Waals surface area (Å²) in [6.07, 6.45) is 3.33. The number of pyridine rings is 1. The highest BCUT2D eigenvalue weighted by molar-refractivity contribution is 5.94. The molecule has 2 amide bonds. The molecule has 5 heteroatoms. The monoisotopic (exact) mass is 379 g/mol. The van der Waals surface area contributed by atoms with Crippen molar-refractivity contribution in [3.8, 4) is 0 Å². The Morgan fingerprint density at radius 2 is 1.96 bits per heavy atom. The summed E-state index contributed by atoms with van der Waals surface area (Å²) in [5.41, 5.74) is 2.53. The third-order valence-corrected chi connectivity index (χ3v) is 5.63. The number of hydrogen-bond donors (Lipinski definition) is 1. The minimum absolute atomic E-state index is 0.00914. The first-order valence-electron chi connectivity index (χ1n) is 10.1. The highest BCUT2D eigenvalue weighted by Gasteiger charge is 2.32. The molecule has 0 saturated carbocycles. The molecule has 28 heavy (non-hydrogen) atoms. The summed E-state index contributed by atoms with van der Waals surface area (Å²) in [5, 5.41) is 3.19. The molecule has 1 aromatic heterocycles. The van der Waals surface area contributed by atoms with Crippen molar-refractivity contribution in [3.63, 3.8) is 0 Å². The van der Waals surface area contributed by atoms with Gasteiger partial charge in [-0.15, -0.1) is 0 Å². The number of carbonyl (C=O) groups excluding carboxylic acids is 2. The van der Waals surface area contributed by atoms with Crippen molar-refractivity contribution in [3.05, 3.63) is 65.5 Å². The number of aryl methyl sites for hydroxylation is 1. The summed E-state index contributed by atoms with van der Waals surface area (Å²) in [4.78, 5) is 31.7. The Kier molecular flexibility index (Phi) is 6.45. The number of amides is 2. The van der Waals surface area contributed by atoms with Gasteiger partial charge in [0.15, 0.2) is 0 Å². The third-order valence-electron chi connectivity index (χ3n) is 5.63. The van der Waals surface area contributed by atoms with Gasteiger partial charge in [-0.1, -0.05) is 50.6 Å². The van der Waals surface area contributed by atoms with E-state index in [0.717, 1.165) is 24.1 Å². The second-order valence-electron chi connectivity index (χ2n) is 7.71. The molecule has 0 aliphatic carbocycles. The third kappa shape index (κ3) is 4.58. The predicted octanol–water partition coefficient (Wildman–Crippen LogP) is 3.55. The van der Waals surface area contributed by atoms with Crippen LogP contribution < -0.4 is 5.32 Å². The van der Waals surface area contributed by atoms with Crippen LogP contribution in [0.2, 0.25) is 0 Å². The quantitative estimate of drug-likeness (QED) is 0.835. The summed E-state index contributed by atoms with van der Waals surface area (Å²) in [6.45, 7) is 7.32. The first kappa shape index (κ1) is 20.1. The molecule has 0 bridgehead atoms. The topological polar surface area (TPSA) is 62.3 Å². The largest absolute Gasteiger partial charge is 0.351 e. The van der Waals surface area contributed by atoms with Crippen LogP contribution in [0.5, 0.6) is 0 Å². The lowest BCUT2D eigenvalue weighted by atomic mass is 9.84. The molecule has 1 fully saturated rings. The SMILES string of the molecule is CCC(C)C(C(=O)N[C@@H]1CCN(C(=O)c2ccc(C)nc2)C1)c1ccccc1. The summed E-state index contributed by atoms with van der Waals surface area (Å²) in [5.74, 6) is 0.111. The fourth-order valence-corrected chi connectivity index (χ4v) is 3.76. The van der Waals surface area contributed by atoms with Gasteiger partial charge in [-0.2, -0.15) is 0 Å². The van der Waals surface area contributed by atoms with E-state index >= 15 is 0 Å². The number of nitrogens with one attached hydrogen (secondary N) is 1. The van der Waals surface area contributed by atoms with E-state index in [4.69, 9.17) is 0 Å². The van der Waals surface area contributed by atoms with E-state index in [9.17, 15) is 9.59 Å². The lowest BCUT2D eigenvalue weighted by Crippen LogP contribution is -2.42.